The van der Waals surface area contributed by atoms with Gasteiger partial charge in [0.15, 0.2) is 0 Å². The van der Waals surface area contributed by atoms with Gasteiger partial charge in [-0.1, -0.05) is 12.1 Å². The van der Waals surface area contributed by atoms with Gasteiger partial charge in [0.1, 0.15) is 0 Å². The quantitative estimate of drug-likeness (QED) is 0.885. The van der Waals surface area contributed by atoms with Gasteiger partial charge in [-0.15, -0.1) is 0 Å². The highest BCUT2D eigenvalue weighted by atomic mass is 16.2. The normalized spacial score (nSPS) is 18.8. The molecule has 0 radical (unpaired) electrons. The first kappa shape index (κ1) is 14.6. The van der Waals surface area contributed by atoms with Crippen molar-refractivity contribution in [3.05, 3.63) is 29.8 Å². The van der Waals surface area contributed by atoms with Gasteiger partial charge in [-0.2, -0.15) is 5.10 Å². The molecule has 0 spiro atoms. The third kappa shape index (κ3) is 3.10. The van der Waals surface area contributed by atoms with E-state index in [1.165, 1.54) is 0 Å². The molecular formula is C16H20N4O2. The molecule has 2 aliphatic heterocycles. The van der Waals surface area contributed by atoms with E-state index < -0.39 is 0 Å². The van der Waals surface area contributed by atoms with E-state index in [2.05, 4.69) is 27.6 Å². The number of benzene rings is 1. The standard InChI is InChI=1S/C16H20N4O2/c1-12(21)19-8-10-20(11-9-19)14-4-2-13(3-5-14)15-6-7-16(22)18-17-15/h2-5H,6-11H2,1H3,(H,18,22). The van der Waals surface area contributed by atoms with Crippen molar-refractivity contribution in [3.8, 4) is 0 Å². The smallest absolute Gasteiger partial charge is 0.240 e. The summed E-state index contributed by atoms with van der Waals surface area (Å²) in [5.41, 5.74) is 5.66. The number of anilines is 1. The van der Waals surface area contributed by atoms with Gasteiger partial charge in [0.2, 0.25) is 11.8 Å². The predicted octanol–water partition coefficient (Wildman–Crippen LogP) is 0.969. The molecule has 2 amide bonds. The third-order valence-corrected chi connectivity index (χ3v) is 4.20. The van der Waals surface area contributed by atoms with Gasteiger partial charge in [0, 0.05) is 51.6 Å². The van der Waals surface area contributed by atoms with Crippen LogP contribution in [0, 0.1) is 0 Å². The average Bonchev–Trinajstić information content (AvgIpc) is 2.56. The number of rotatable bonds is 2. The molecule has 1 fully saturated rings. The maximum Gasteiger partial charge on any atom is 0.240 e. The van der Waals surface area contributed by atoms with Crippen molar-refractivity contribution in [2.24, 2.45) is 5.10 Å². The summed E-state index contributed by atoms with van der Waals surface area (Å²) in [4.78, 5) is 26.6. The van der Waals surface area contributed by atoms with Gasteiger partial charge >= 0.3 is 0 Å². The molecule has 2 aliphatic rings. The number of piperazine rings is 1. The van der Waals surface area contributed by atoms with Gasteiger partial charge in [-0.05, 0) is 17.7 Å². The number of hydrogen-bond donors (Lipinski definition) is 1. The Kier molecular flexibility index (Phi) is 4.09. The lowest BCUT2D eigenvalue weighted by atomic mass is 10.0. The summed E-state index contributed by atoms with van der Waals surface area (Å²) in [5.74, 6) is 0.121. The van der Waals surface area contributed by atoms with Crippen molar-refractivity contribution >= 4 is 23.2 Å². The molecule has 0 bridgehead atoms. The van der Waals surface area contributed by atoms with Gasteiger partial charge in [0.05, 0.1) is 5.71 Å². The Morgan fingerprint density at radius 3 is 2.32 bits per heavy atom. The summed E-state index contributed by atoms with van der Waals surface area (Å²) in [6.07, 6.45) is 1.18. The van der Waals surface area contributed by atoms with Crippen LogP contribution >= 0.6 is 0 Å². The van der Waals surface area contributed by atoms with Gasteiger partial charge in [-0.25, -0.2) is 5.43 Å². The van der Waals surface area contributed by atoms with Crippen LogP contribution in [0.3, 0.4) is 0 Å². The van der Waals surface area contributed by atoms with Crippen molar-refractivity contribution < 1.29 is 9.59 Å². The van der Waals surface area contributed by atoms with E-state index in [9.17, 15) is 9.59 Å². The second-order valence-corrected chi connectivity index (χ2v) is 5.63. The fourth-order valence-corrected chi connectivity index (χ4v) is 2.83. The van der Waals surface area contributed by atoms with Crippen LogP contribution in [0.4, 0.5) is 5.69 Å². The molecule has 0 saturated carbocycles. The van der Waals surface area contributed by atoms with Crippen LogP contribution in [0.25, 0.3) is 0 Å². The Labute approximate surface area is 129 Å². The minimum Gasteiger partial charge on any atom is -0.368 e. The summed E-state index contributed by atoms with van der Waals surface area (Å²) in [6, 6.07) is 8.25. The van der Waals surface area contributed by atoms with Gasteiger partial charge in [-0.3, -0.25) is 9.59 Å². The summed E-state index contributed by atoms with van der Waals surface area (Å²) in [7, 11) is 0. The Balaban J connectivity index is 1.65. The molecule has 1 saturated heterocycles. The molecular weight excluding hydrogens is 280 g/mol. The van der Waals surface area contributed by atoms with Crippen LogP contribution in [0.2, 0.25) is 0 Å². The molecule has 2 heterocycles. The monoisotopic (exact) mass is 300 g/mol. The highest BCUT2D eigenvalue weighted by Crippen LogP contribution is 2.19. The number of nitrogens with zero attached hydrogens (tertiary/aromatic N) is 3. The van der Waals surface area contributed by atoms with Crippen LogP contribution in [0.15, 0.2) is 29.4 Å². The van der Waals surface area contributed by atoms with Crippen LogP contribution in [0.1, 0.15) is 25.3 Å². The molecule has 0 aromatic heterocycles. The number of hydrogen-bond acceptors (Lipinski definition) is 4. The minimum atomic E-state index is -0.0243. The first-order valence-corrected chi connectivity index (χ1v) is 7.60. The van der Waals surface area contributed by atoms with E-state index >= 15 is 0 Å². The number of hydrazone groups is 1. The van der Waals surface area contributed by atoms with Crippen molar-refractivity contribution in [3.63, 3.8) is 0 Å². The van der Waals surface area contributed by atoms with Gasteiger partial charge < -0.3 is 9.80 Å². The second-order valence-electron chi connectivity index (χ2n) is 5.63. The summed E-state index contributed by atoms with van der Waals surface area (Å²) < 4.78 is 0. The third-order valence-electron chi connectivity index (χ3n) is 4.20. The molecule has 22 heavy (non-hydrogen) atoms. The summed E-state index contributed by atoms with van der Waals surface area (Å²) >= 11 is 0. The molecule has 116 valence electrons. The Bertz CT molecular complexity index is 601. The number of amides is 2. The van der Waals surface area contributed by atoms with Crippen molar-refractivity contribution in [2.45, 2.75) is 19.8 Å². The maximum atomic E-state index is 11.3. The number of carbonyl (C=O) groups is 2. The fourth-order valence-electron chi connectivity index (χ4n) is 2.83. The van der Waals surface area contributed by atoms with E-state index in [1.54, 1.807) is 6.92 Å². The first-order chi connectivity index (χ1) is 10.6. The second kappa shape index (κ2) is 6.17. The molecule has 1 aromatic rings. The zero-order valence-electron chi connectivity index (χ0n) is 12.7. The van der Waals surface area contributed by atoms with E-state index in [-0.39, 0.29) is 11.8 Å². The molecule has 1 aromatic carbocycles. The van der Waals surface area contributed by atoms with Crippen LogP contribution in [0.5, 0.6) is 0 Å². The molecule has 0 atom stereocenters. The molecule has 0 unspecified atom stereocenters. The lowest BCUT2D eigenvalue weighted by Crippen LogP contribution is -2.48. The Morgan fingerprint density at radius 2 is 1.77 bits per heavy atom. The number of carbonyl (C=O) groups excluding carboxylic acids is 2. The first-order valence-electron chi connectivity index (χ1n) is 7.60. The van der Waals surface area contributed by atoms with Crippen LogP contribution in [-0.2, 0) is 9.59 Å². The maximum absolute atomic E-state index is 11.3. The van der Waals surface area contributed by atoms with Gasteiger partial charge in [0.25, 0.3) is 0 Å². The summed E-state index contributed by atoms with van der Waals surface area (Å²) in [5, 5.41) is 4.11. The van der Waals surface area contributed by atoms with Crippen molar-refractivity contribution in [1.29, 1.82) is 0 Å². The molecule has 0 aliphatic carbocycles. The minimum absolute atomic E-state index is 0.0243. The highest BCUT2D eigenvalue weighted by molar-refractivity contribution is 6.04. The van der Waals surface area contributed by atoms with Crippen LogP contribution in [-0.4, -0.2) is 48.6 Å². The lowest BCUT2D eigenvalue weighted by molar-refractivity contribution is -0.129. The molecule has 6 heteroatoms. The SMILES string of the molecule is CC(=O)N1CCN(c2ccc(C3=NNC(=O)CC3)cc2)CC1. The van der Waals surface area contributed by atoms with E-state index in [1.807, 2.05) is 17.0 Å². The highest BCUT2D eigenvalue weighted by Gasteiger charge is 2.19. The average molecular weight is 300 g/mol. The zero-order chi connectivity index (χ0) is 15.5. The Morgan fingerprint density at radius 1 is 1.09 bits per heavy atom. The molecule has 6 nitrogen and oxygen atoms in total. The summed E-state index contributed by atoms with van der Waals surface area (Å²) in [6.45, 7) is 4.88. The Hall–Kier alpha value is -2.37. The van der Waals surface area contributed by atoms with E-state index in [4.69, 9.17) is 0 Å². The molecule has 3 rings (SSSR count). The fraction of sp³-hybridized carbons (Fsp3) is 0.438. The topological polar surface area (TPSA) is 65.0 Å². The predicted molar refractivity (Wildman–Crippen MR) is 84.8 cm³/mol. The number of nitrogens with one attached hydrogen (secondary N) is 1. The van der Waals surface area contributed by atoms with E-state index in [0.717, 1.165) is 43.1 Å². The molecule has 1 N–H and O–H groups in total. The largest absolute Gasteiger partial charge is 0.368 e. The van der Waals surface area contributed by atoms with Crippen molar-refractivity contribution in [1.82, 2.24) is 10.3 Å². The van der Waals surface area contributed by atoms with E-state index in [0.29, 0.717) is 12.8 Å². The zero-order valence-corrected chi connectivity index (χ0v) is 12.7. The van der Waals surface area contributed by atoms with Crippen molar-refractivity contribution in [2.75, 3.05) is 31.1 Å². The lowest BCUT2D eigenvalue weighted by Gasteiger charge is -2.35. The van der Waals surface area contributed by atoms with Crippen LogP contribution < -0.4 is 10.3 Å².